The van der Waals surface area contributed by atoms with Crippen LogP contribution in [0.15, 0.2) is 60.5 Å². The van der Waals surface area contributed by atoms with Gasteiger partial charge in [-0.1, -0.05) is 45.9 Å². The van der Waals surface area contributed by atoms with Crippen molar-refractivity contribution in [2.24, 2.45) is 34.0 Å². The van der Waals surface area contributed by atoms with Crippen LogP contribution in [0.1, 0.15) is 123 Å². The summed E-state index contributed by atoms with van der Waals surface area (Å²) < 4.78 is 0. The molecule has 2 aliphatic heterocycles. The molecule has 0 aliphatic carbocycles. The van der Waals surface area contributed by atoms with Crippen molar-refractivity contribution in [3.8, 4) is 0 Å². The molecule has 37 nitrogen and oxygen atoms in total. The normalized spacial score (nSPS) is 17.9. The first-order chi connectivity index (χ1) is 48.7. The summed E-state index contributed by atoms with van der Waals surface area (Å²) in [5.41, 5.74) is 19.2. The van der Waals surface area contributed by atoms with Gasteiger partial charge < -0.3 is 110 Å². The molecule has 0 saturated carbocycles. The van der Waals surface area contributed by atoms with Gasteiger partial charge in [-0.15, -0.1) is 0 Å². The molecule has 37 heteroatoms. The number of hydrogen-bond donors (Lipinski definition) is 19. The topological polar surface area (TPSA) is 581 Å². The Balaban J connectivity index is 1.19. The Morgan fingerprint density at radius 1 is 0.563 bits per heavy atom. The molecule has 2 aliphatic rings. The Morgan fingerprint density at radius 3 is 1.60 bits per heavy atom. The molecule has 0 bridgehead atoms. The van der Waals surface area contributed by atoms with E-state index in [4.69, 9.17) is 17.2 Å². The summed E-state index contributed by atoms with van der Waals surface area (Å²) in [6.07, 6.45) is 2.94. The lowest BCUT2D eigenvalue weighted by molar-refractivity contribution is -0.149. The van der Waals surface area contributed by atoms with Crippen molar-refractivity contribution in [2.75, 3.05) is 19.6 Å². The van der Waals surface area contributed by atoms with Crippen LogP contribution in [0.2, 0.25) is 0 Å². The zero-order valence-corrected chi connectivity index (χ0v) is 58.6. The second-order valence-electron chi connectivity index (χ2n) is 26.8. The molecular weight excluding hydrogens is 1340 g/mol. The van der Waals surface area contributed by atoms with Crippen molar-refractivity contribution in [2.45, 2.75) is 210 Å². The first-order valence-corrected chi connectivity index (χ1v) is 34.2. The van der Waals surface area contributed by atoms with Crippen LogP contribution in [0, 0.1) is 11.8 Å². The van der Waals surface area contributed by atoms with Crippen molar-refractivity contribution < 1.29 is 82.8 Å². The third-order valence-corrected chi connectivity index (χ3v) is 17.4. The summed E-state index contributed by atoms with van der Waals surface area (Å²) in [4.78, 5) is 204. The molecule has 0 radical (unpaired) electrons. The maximum absolute atomic E-state index is 15.0. The van der Waals surface area contributed by atoms with E-state index in [1.807, 2.05) is 32.0 Å². The number of nitrogens with two attached hydrogens (primary N) is 3. The molecule has 2 fully saturated rings. The number of likely N-dealkylation sites (tertiary alicyclic amines) is 2. The number of aliphatic imine (C=N–C) groups is 1. The Morgan fingerprint density at radius 2 is 1.06 bits per heavy atom. The zero-order valence-electron chi connectivity index (χ0n) is 58.6. The Labute approximate surface area is 593 Å². The zero-order chi connectivity index (χ0) is 75.9. The number of aliphatic hydroxyl groups is 2. The third kappa shape index (κ3) is 24.0. The molecule has 1 aromatic carbocycles. The average molecular weight is 1440 g/mol. The smallest absolute Gasteiger partial charge is 0.326 e. The van der Waals surface area contributed by atoms with E-state index in [-0.39, 0.29) is 94.5 Å². The number of nitrogens with one attached hydrogen (secondary N) is 12. The van der Waals surface area contributed by atoms with Crippen LogP contribution < -0.4 is 65.1 Å². The molecule has 0 spiro atoms. The molecule has 2 saturated heterocycles. The number of carboxylic acids is 2. The molecule has 11 amide bonds. The van der Waals surface area contributed by atoms with E-state index in [9.17, 15) is 78.0 Å². The molecule has 3 aromatic heterocycles. The van der Waals surface area contributed by atoms with Crippen LogP contribution in [0.25, 0.3) is 10.9 Å². The van der Waals surface area contributed by atoms with E-state index in [1.165, 1.54) is 41.8 Å². The lowest BCUT2D eigenvalue weighted by atomic mass is 10.0. The number of nitrogens with zero attached hydrogens (tertiary/aromatic N) is 5. The van der Waals surface area contributed by atoms with Gasteiger partial charge in [-0.25, -0.2) is 14.8 Å². The maximum atomic E-state index is 15.0. The number of aromatic amines is 3. The van der Waals surface area contributed by atoms with E-state index >= 15 is 4.79 Å². The number of aliphatic hydroxyl groups excluding tert-OH is 2. The van der Waals surface area contributed by atoms with Gasteiger partial charge in [0.2, 0.25) is 65.0 Å². The van der Waals surface area contributed by atoms with Crippen molar-refractivity contribution in [1.82, 2.24) is 82.6 Å². The number of guanidine groups is 1. The molecule has 14 atom stereocenters. The van der Waals surface area contributed by atoms with Crippen LogP contribution >= 0.6 is 0 Å². The number of benzene rings is 1. The van der Waals surface area contributed by atoms with Gasteiger partial charge in [-0.2, -0.15) is 0 Å². The number of imidazole rings is 2. The monoisotopic (exact) mass is 1440 g/mol. The Kier molecular flexibility index (Phi) is 30.4. The van der Waals surface area contributed by atoms with Gasteiger partial charge in [0.25, 0.3) is 0 Å². The fourth-order valence-corrected chi connectivity index (χ4v) is 12.2. The SMILES string of the molecule is CC(C)C[C@H](NC(=O)[C@@H](N)CC(C)C)C(=O)N[C@@H](C)C(=O)N[C@@H](CC(=O)O)C(=O)N[C@H](C(=O)N[C@H](C(=O)N[C@@H](Cc1cnc[nH]1)C(=O)N[C@@H](Cc1cnc[nH]1)C(=O)N[C@@H](CCCN=C(N)N)C(=O)N1CCC[C@H]1C(=O)N[C@@H](Cc1c[nH]c2ccccc12)C(=O)N1CCC[C@H]1C(=O)O)[C@@H](C)O)[C@@H](C)O. The van der Waals surface area contributed by atoms with E-state index in [1.54, 1.807) is 26.1 Å². The van der Waals surface area contributed by atoms with Gasteiger partial charge in [0, 0.05) is 79.8 Å². The maximum Gasteiger partial charge on any atom is 0.326 e. The highest BCUT2D eigenvalue weighted by molar-refractivity contribution is 6.00. The quantitative estimate of drug-likeness (QED) is 0.0114. The van der Waals surface area contributed by atoms with Crippen molar-refractivity contribution >= 4 is 93.8 Å². The fraction of sp³-hybridized carbons (Fsp3) is 0.576. The fourth-order valence-electron chi connectivity index (χ4n) is 12.2. The van der Waals surface area contributed by atoms with Crippen LogP contribution in [-0.2, 0) is 81.6 Å². The predicted octanol–water partition coefficient (Wildman–Crippen LogP) is -4.20. The number of fused-ring (bicyclic) bond motifs is 1. The van der Waals surface area contributed by atoms with Gasteiger partial charge in [0.15, 0.2) is 5.96 Å². The summed E-state index contributed by atoms with van der Waals surface area (Å²) in [5, 5.41) is 64.9. The molecule has 0 unspecified atom stereocenters. The number of amides is 11. The minimum absolute atomic E-state index is 0.0150. The number of hydrogen-bond acceptors (Lipinski definition) is 19. The minimum Gasteiger partial charge on any atom is -0.481 e. The number of H-pyrrole nitrogens is 3. The number of carbonyl (C=O) groups excluding carboxylic acids is 11. The van der Waals surface area contributed by atoms with E-state index in [0.29, 0.717) is 30.5 Å². The summed E-state index contributed by atoms with van der Waals surface area (Å²) in [6.45, 7) is 10.8. The van der Waals surface area contributed by atoms with Gasteiger partial charge in [0.1, 0.15) is 66.5 Å². The van der Waals surface area contributed by atoms with Crippen molar-refractivity contribution in [1.29, 1.82) is 0 Å². The summed E-state index contributed by atoms with van der Waals surface area (Å²) in [7, 11) is 0. The highest BCUT2D eigenvalue weighted by Gasteiger charge is 2.44. The minimum atomic E-state index is -2.03. The Bertz CT molecular complexity index is 3630. The van der Waals surface area contributed by atoms with Crippen LogP contribution in [-0.4, -0.2) is 242 Å². The summed E-state index contributed by atoms with van der Waals surface area (Å²) in [6, 6.07) is -10.6. The van der Waals surface area contributed by atoms with Crippen LogP contribution in [0.3, 0.4) is 0 Å². The first kappa shape index (κ1) is 81.4. The molecular formula is C66H98N20O17. The highest BCUT2D eigenvalue weighted by atomic mass is 16.4. The van der Waals surface area contributed by atoms with E-state index in [0.717, 1.165) is 24.8 Å². The van der Waals surface area contributed by atoms with Crippen LogP contribution in [0.4, 0.5) is 0 Å². The number of aliphatic carboxylic acids is 2. The summed E-state index contributed by atoms with van der Waals surface area (Å²) in [5.74, 6) is -13.6. The standard InChI is InChI=1S/C66H98N20O17/c1-32(2)21-41(67)55(92)79-44(22-33(3)4)56(93)76-34(5)54(91)78-47(26-51(89)90)59(96)83-53(36(7)88)62(99)84-52(35(6)87)61(98)81-46(25-39-29-71-31-75-39)58(95)80-45(24-38-28-70-30-74-38)57(94)77-43(15-10-18-72-66(68)69)63(100)85-19-11-16-49(85)60(97)82-48(64(101)86-20-12-17-50(86)65(102)103)23-37-27-73-42-14-9-8-13-40(37)42/h8-9,13-14,27-36,41,43-50,52-53,73,87-88H,10-12,15-26,67H2,1-7H3,(H,70,74)(H,71,75)(H,76,93)(H,77,94)(H,78,91)(H,79,92)(H,80,95)(H,81,98)(H,82,97)(H,83,96)(H,84,99)(H,89,90)(H,102,103)(H4,68,69,72)/t34-,35+,36+,41-,43-,44-,45-,46-,47-,48-,49-,50-,52-,53-/m0/s1. The van der Waals surface area contributed by atoms with Gasteiger partial charge in [-0.05, 0) is 95.6 Å². The lowest BCUT2D eigenvalue weighted by Gasteiger charge is -2.32. The third-order valence-electron chi connectivity index (χ3n) is 17.4. The van der Waals surface area contributed by atoms with Gasteiger partial charge >= 0.3 is 11.9 Å². The van der Waals surface area contributed by atoms with Crippen molar-refractivity contribution in [3.05, 3.63) is 72.5 Å². The average Bonchev–Trinajstić information content (AvgIpc) is 1.69. The summed E-state index contributed by atoms with van der Waals surface area (Å²) >= 11 is 0. The molecule has 5 heterocycles. The van der Waals surface area contributed by atoms with Gasteiger partial charge in [0.05, 0.1) is 37.3 Å². The number of rotatable bonds is 39. The first-order valence-electron chi connectivity index (χ1n) is 34.2. The second kappa shape index (κ2) is 38.5. The predicted molar refractivity (Wildman–Crippen MR) is 369 cm³/mol. The molecule has 4 aromatic rings. The molecule has 103 heavy (non-hydrogen) atoms. The molecule has 6 rings (SSSR count). The molecule has 22 N–H and O–H groups in total. The Hall–Kier alpha value is -10.6. The van der Waals surface area contributed by atoms with E-state index in [2.05, 4.69) is 77.8 Å². The largest absolute Gasteiger partial charge is 0.481 e. The van der Waals surface area contributed by atoms with Crippen molar-refractivity contribution in [3.63, 3.8) is 0 Å². The lowest BCUT2D eigenvalue weighted by Crippen LogP contribution is -2.63. The number of carboxylic acid groups (broad SMARTS) is 2. The van der Waals surface area contributed by atoms with E-state index < -0.39 is 168 Å². The van der Waals surface area contributed by atoms with Crippen LogP contribution in [0.5, 0.6) is 0 Å². The molecule has 564 valence electrons. The number of aromatic nitrogens is 5. The number of para-hydroxylation sites is 1. The second-order valence-corrected chi connectivity index (χ2v) is 26.8. The highest BCUT2D eigenvalue weighted by Crippen LogP contribution is 2.26. The number of carbonyl (C=O) groups is 13. The van der Waals surface area contributed by atoms with Gasteiger partial charge in [-0.3, -0.25) is 62.5 Å².